The molecule has 0 atom stereocenters. The maximum absolute atomic E-state index is 11.9. The summed E-state index contributed by atoms with van der Waals surface area (Å²) in [6.45, 7) is 12.3. The number of carbonyl (C=O) groups excluding carboxylic acids is 1. The molecule has 0 unspecified atom stereocenters. The van der Waals surface area contributed by atoms with Crippen LogP contribution < -0.4 is 0 Å². The maximum atomic E-state index is 11.9. The molecule has 1 amide bonds. The lowest BCUT2D eigenvalue weighted by Gasteiger charge is -2.18. The summed E-state index contributed by atoms with van der Waals surface area (Å²) in [5.74, 6) is 0.308. The monoisotopic (exact) mass is 289 g/mol. The van der Waals surface area contributed by atoms with Crippen molar-refractivity contribution in [1.82, 2.24) is 4.90 Å². The van der Waals surface area contributed by atoms with Crippen LogP contribution in [-0.2, 0) is 11.2 Å². The van der Waals surface area contributed by atoms with Gasteiger partial charge in [-0.2, -0.15) is 0 Å². The molecular formula is C19H31NO. The molecule has 0 aliphatic carbocycles. The van der Waals surface area contributed by atoms with Crippen LogP contribution in [0.15, 0.2) is 12.1 Å². The first kappa shape index (κ1) is 17.7. The summed E-state index contributed by atoms with van der Waals surface area (Å²) in [5.41, 5.74) is 5.66. The van der Waals surface area contributed by atoms with Crippen LogP contribution in [-0.4, -0.2) is 23.9 Å². The van der Waals surface area contributed by atoms with Gasteiger partial charge in [-0.25, -0.2) is 0 Å². The molecule has 2 nitrogen and oxygen atoms in total. The molecule has 0 fully saturated rings. The quantitative estimate of drug-likeness (QED) is 0.641. The summed E-state index contributed by atoms with van der Waals surface area (Å²) < 4.78 is 0. The van der Waals surface area contributed by atoms with Gasteiger partial charge in [0.1, 0.15) is 0 Å². The lowest BCUT2D eigenvalue weighted by atomic mass is 9.95. The molecule has 0 saturated heterocycles. The number of unbranched alkanes of at least 4 members (excludes halogenated alkanes) is 2. The van der Waals surface area contributed by atoms with Gasteiger partial charge in [0.15, 0.2) is 0 Å². The molecule has 0 saturated carbocycles. The molecule has 0 aromatic heterocycles. The van der Waals surface area contributed by atoms with Crippen molar-refractivity contribution < 1.29 is 4.79 Å². The molecule has 0 N–H and O–H groups in total. The van der Waals surface area contributed by atoms with E-state index in [1.807, 2.05) is 18.7 Å². The zero-order chi connectivity index (χ0) is 15.8. The number of benzene rings is 1. The van der Waals surface area contributed by atoms with Gasteiger partial charge in [0.2, 0.25) is 5.91 Å². The number of aryl methyl sites for hydroxylation is 3. The highest BCUT2D eigenvalue weighted by Gasteiger charge is 2.09. The highest BCUT2D eigenvalue weighted by atomic mass is 16.2. The second-order valence-corrected chi connectivity index (χ2v) is 6.00. The maximum Gasteiger partial charge on any atom is 0.222 e. The van der Waals surface area contributed by atoms with Crippen molar-refractivity contribution in [3.05, 3.63) is 34.4 Å². The van der Waals surface area contributed by atoms with Gasteiger partial charge < -0.3 is 4.90 Å². The van der Waals surface area contributed by atoms with E-state index in [0.29, 0.717) is 12.3 Å². The average molecular weight is 289 g/mol. The molecule has 1 rings (SSSR count). The van der Waals surface area contributed by atoms with E-state index in [1.165, 1.54) is 28.7 Å². The van der Waals surface area contributed by atoms with Gasteiger partial charge >= 0.3 is 0 Å². The molecule has 0 bridgehead atoms. The molecule has 0 aliphatic rings. The molecule has 1 aromatic carbocycles. The Hall–Kier alpha value is -1.31. The van der Waals surface area contributed by atoms with Crippen LogP contribution in [0.5, 0.6) is 0 Å². The number of hydrogen-bond acceptors (Lipinski definition) is 1. The summed E-state index contributed by atoms with van der Waals surface area (Å²) in [4.78, 5) is 13.8. The lowest BCUT2D eigenvalue weighted by Crippen LogP contribution is -2.30. The molecule has 2 heteroatoms. The Bertz CT molecular complexity index is 438. The van der Waals surface area contributed by atoms with Crippen molar-refractivity contribution in [2.24, 2.45) is 0 Å². The molecule has 0 spiro atoms. The van der Waals surface area contributed by atoms with Crippen LogP contribution in [0.1, 0.15) is 61.8 Å². The number of amides is 1. The van der Waals surface area contributed by atoms with Gasteiger partial charge in [-0.05, 0) is 70.6 Å². The fourth-order valence-electron chi connectivity index (χ4n) is 3.09. The minimum Gasteiger partial charge on any atom is -0.343 e. The van der Waals surface area contributed by atoms with Crippen molar-refractivity contribution in [3.8, 4) is 0 Å². The van der Waals surface area contributed by atoms with Gasteiger partial charge in [0.25, 0.3) is 0 Å². The second kappa shape index (κ2) is 8.86. The Morgan fingerprint density at radius 1 is 0.952 bits per heavy atom. The molecule has 0 radical (unpaired) electrons. The zero-order valence-electron chi connectivity index (χ0n) is 14.5. The Morgan fingerprint density at radius 2 is 1.52 bits per heavy atom. The molecular weight excluding hydrogens is 258 g/mol. The lowest BCUT2D eigenvalue weighted by molar-refractivity contribution is -0.130. The predicted octanol–water partition coefficient (Wildman–Crippen LogP) is 4.58. The summed E-state index contributed by atoms with van der Waals surface area (Å²) in [6.07, 6.45) is 5.17. The first-order valence-electron chi connectivity index (χ1n) is 8.34. The Kier molecular flexibility index (Phi) is 7.49. The highest BCUT2D eigenvalue weighted by Crippen LogP contribution is 2.19. The standard InChI is InChI=1S/C19H31NO/c1-6-20(7-2)19(21)12-10-8-9-11-18-16(4)13-15(3)14-17(18)5/h13-14H,6-12H2,1-5H3. The Labute approximate surface area is 130 Å². The smallest absolute Gasteiger partial charge is 0.222 e. The third-order valence-electron chi connectivity index (χ3n) is 4.27. The molecule has 1 aromatic rings. The zero-order valence-corrected chi connectivity index (χ0v) is 14.5. The van der Waals surface area contributed by atoms with E-state index in [1.54, 1.807) is 0 Å². The Balaban J connectivity index is 2.34. The van der Waals surface area contributed by atoms with Crippen molar-refractivity contribution in [2.75, 3.05) is 13.1 Å². The van der Waals surface area contributed by atoms with Crippen molar-refractivity contribution in [3.63, 3.8) is 0 Å². The Morgan fingerprint density at radius 3 is 2.05 bits per heavy atom. The minimum atomic E-state index is 0.308. The fourth-order valence-corrected chi connectivity index (χ4v) is 3.09. The fraction of sp³-hybridized carbons (Fsp3) is 0.632. The van der Waals surface area contributed by atoms with E-state index < -0.39 is 0 Å². The summed E-state index contributed by atoms with van der Waals surface area (Å²) in [5, 5.41) is 0. The first-order chi connectivity index (χ1) is 9.99. The summed E-state index contributed by atoms with van der Waals surface area (Å²) in [6, 6.07) is 4.54. The van der Waals surface area contributed by atoms with Gasteiger partial charge in [0, 0.05) is 19.5 Å². The van der Waals surface area contributed by atoms with Gasteiger partial charge in [-0.1, -0.05) is 24.1 Å². The van der Waals surface area contributed by atoms with Gasteiger partial charge in [-0.15, -0.1) is 0 Å². The summed E-state index contributed by atoms with van der Waals surface area (Å²) >= 11 is 0. The van der Waals surface area contributed by atoms with Crippen molar-refractivity contribution in [1.29, 1.82) is 0 Å². The van der Waals surface area contributed by atoms with E-state index in [9.17, 15) is 4.79 Å². The summed E-state index contributed by atoms with van der Waals surface area (Å²) in [7, 11) is 0. The topological polar surface area (TPSA) is 20.3 Å². The van der Waals surface area contributed by atoms with Crippen molar-refractivity contribution in [2.45, 2.75) is 66.7 Å². The average Bonchev–Trinajstić information content (AvgIpc) is 2.42. The molecule has 0 aliphatic heterocycles. The van der Waals surface area contributed by atoms with Crippen LogP contribution in [0.25, 0.3) is 0 Å². The first-order valence-corrected chi connectivity index (χ1v) is 8.34. The van der Waals surface area contributed by atoms with Crippen LogP contribution in [0, 0.1) is 20.8 Å². The number of carbonyl (C=O) groups is 1. The predicted molar refractivity (Wildman–Crippen MR) is 90.8 cm³/mol. The van der Waals surface area contributed by atoms with Crippen LogP contribution in [0.3, 0.4) is 0 Å². The SMILES string of the molecule is CCN(CC)C(=O)CCCCCc1c(C)cc(C)cc1C. The van der Waals surface area contributed by atoms with Crippen LogP contribution >= 0.6 is 0 Å². The van der Waals surface area contributed by atoms with Crippen molar-refractivity contribution >= 4 is 5.91 Å². The van der Waals surface area contributed by atoms with E-state index in [0.717, 1.165) is 32.4 Å². The highest BCUT2D eigenvalue weighted by molar-refractivity contribution is 5.76. The van der Waals surface area contributed by atoms with Gasteiger partial charge in [-0.3, -0.25) is 4.79 Å². The second-order valence-electron chi connectivity index (χ2n) is 6.00. The largest absolute Gasteiger partial charge is 0.343 e. The minimum absolute atomic E-state index is 0.308. The third-order valence-corrected chi connectivity index (χ3v) is 4.27. The van der Waals surface area contributed by atoms with Crippen LogP contribution in [0.2, 0.25) is 0 Å². The van der Waals surface area contributed by atoms with E-state index in [-0.39, 0.29) is 0 Å². The molecule has 118 valence electrons. The number of rotatable bonds is 8. The molecule has 21 heavy (non-hydrogen) atoms. The normalized spacial score (nSPS) is 10.7. The van der Waals surface area contributed by atoms with E-state index >= 15 is 0 Å². The van der Waals surface area contributed by atoms with E-state index in [4.69, 9.17) is 0 Å². The third kappa shape index (κ3) is 5.53. The van der Waals surface area contributed by atoms with E-state index in [2.05, 4.69) is 32.9 Å². The molecule has 0 heterocycles. The number of nitrogens with zero attached hydrogens (tertiary/aromatic N) is 1. The van der Waals surface area contributed by atoms with Gasteiger partial charge in [0.05, 0.1) is 0 Å². The number of hydrogen-bond donors (Lipinski definition) is 0. The van der Waals surface area contributed by atoms with Crippen LogP contribution in [0.4, 0.5) is 0 Å².